The average molecular weight is 286 g/mol. The van der Waals surface area contributed by atoms with Crippen molar-refractivity contribution in [3.8, 4) is 0 Å². The van der Waals surface area contributed by atoms with E-state index < -0.39 is 0 Å². The first-order chi connectivity index (χ1) is 10.3. The molecule has 0 unspecified atom stereocenters. The molecule has 2 aromatic heterocycles. The number of hydrogen-bond donors (Lipinski definition) is 1. The number of nitrogens with two attached hydrogens (primary N) is 1. The van der Waals surface area contributed by atoms with E-state index >= 15 is 0 Å². The fourth-order valence-electron chi connectivity index (χ4n) is 3.42. The van der Waals surface area contributed by atoms with Gasteiger partial charge in [-0.3, -0.25) is 4.90 Å². The summed E-state index contributed by atoms with van der Waals surface area (Å²) < 4.78 is 2.11. The maximum absolute atomic E-state index is 6.04. The normalized spacial score (nSPS) is 23.0. The number of fused-ring (bicyclic) bond motifs is 1. The Kier molecular flexibility index (Phi) is 4.56. The van der Waals surface area contributed by atoms with Gasteiger partial charge in [-0.05, 0) is 50.8 Å². The van der Waals surface area contributed by atoms with E-state index in [-0.39, 0.29) is 0 Å². The molecule has 1 aliphatic rings. The first kappa shape index (κ1) is 14.5. The molecule has 0 atom stereocenters. The summed E-state index contributed by atoms with van der Waals surface area (Å²) in [4.78, 5) is 7.35. The second kappa shape index (κ2) is 6.58. The van der Waals surface area contributed by atoms with Crippen LogP contribution in [0.2, 0.25) is 0 Å². The number of hydrogen-bond acceptors (Lipinski definition) is 3. The van der Waals surface area contributed by atoms with Crippen LogP contribution in [0, 0.1) is 0 Å². The lowest BCUT2D eigenvalue weighted by Gasteiger charge is -2.35. The van der Waals surface area contributed by atoms with E-state index in [1.54, 1.807) is 0 Å². The molecule has 21 heavy (non-hydrogen) atoms. The van der Waals surface area contributed by atoms with Crippen molar-refractivity contribution in [2.75, 3.05) is 6.54 Å². The Bertz CT molecular complexity index is 536. The molecule has 2 aromatic rings. The van der Waals surface area contributed by atoms with Gasteiger partial charge in [-0.25, -0.2) is 4.98 Å². The van der Waals surface area contributed by atoms with Crippen LogP contribution in [0.25, 0.3) is 5.65 Å². The molecule has 2 N–H and O–H groups in total. The molecule has 0 amide bonds. The maximum Gasteiger partial charge on any atom is 0.137 e. The summed E-state index contributed by atoms with van der Waals surface area (Å²) in [7, 11) is 0. The van der Waals surface area contributed by atoms with Crippen LogP contribution in [0.4, 0.5) is 0 Å². The Labute approximate surface area is 127 Å². The Morgan fingerprint density at radius 1 is 1.29 bits per heavy atom. The predicted octanol–water partition coefficient (Wildman–Crippen LogP) is 2.82. The Morgan fingerprint density at radius 3 is 2.81 bits per heavy atom. The summed E-state index contributed by atoms with van der Waals surface area (Å²) in [6, 6.07) is 7.24. The molecule has 0 aromatic carbocycles. The highest BCUT2D eigenvalue weighted by Crippen LogP contribution is 2.23. The van der Waals surface area contributed by atoms with Gasteiger partial charge in [-0.15, -0.1) is 0 Å². The molecular weight excluding hydrogens is 260 g/mol. The van der Waals surface area contributed by atoms with Crippen molar-refractivity contribution in [2.45, 2.75) is 57.7 Å². The molecule has 0 radical (unpaired) electrons. The second-order valence-corrected chi connectivity index (χ2v) is 6.24. The molecule has 0 spiro atoms. The van der Waals surface area contributed by atoms with E-state index in [0.29, 0.717) is 12.1 Å². The smallest absolute Gasteiger partial charge is 0.137 e. The van der Waals surface area contributed by atoms with Crippen LogP contribution >= 0.6 is 0 Å². The van der Waals surface area contributed by atoms with Gasteiger partial charge in [-0.2, -0.15) is 0 Å². The third kappa shape index (κ3) is 3.44. The van der Waals surface area contributed by atoms with E-state index in [9.17, 15) is 0 Å². The van der Waals surface area contributed by atoms with Crippen LogP contribution in [0.5, 0.6) is 0 Å². The van der Waals surface area contributed by atoms with Crippen molar-refractivity contribution in [1.82, 2.24) is 14.3 Å². The van der Waals surface area contributed by atoms with Gasteiger partial charge < -0.3 is 10.1 Å². The predicted molar refractivity (Wildman–Crippen MR) is 86.1 cm³/mol. The largest absolute Gasteiger partial charge is 0.328 e. The molecule has 1 fully saturated rings. The van der Waals surface area contributed by atoms with Gasteiger partial charge in [0.15, 0.2) is 0 Å². The SMILES string of the molecule is CCCN(Cc1cn2ccccc2n1)C1CCC(N)CC1. The van der Waals surface area contributed by atoms with E-state index in [2.05, 4.69) is 34.7 Å². The topological polar surface area (TPSA) is 46.6 Å². The Hall–Kier alpha value is -1.39. The highest BCUT2D eigenvalue weighted by atomic mass is 15.2. The molecule has 0 bridgehead atoms. The van der Waals surface area contributed by atoms with Crippen molar-refractivity contribution < 1.29 is 0 Å². The summed E-state index contributed by atoms with van der Waals surface area (Å²) in [5.74, 6) is 0. The van der Waals surface area contributed by atoms with Crippen molar-refractivity contribution in [1.29, 1.82) is 0 Å². The molecule has 4 nitrogen and oxygen atoms in total. The zero-order chi connectivity index (χ0) is 14.7. The van der Waals surface area contributed by atoms with Crippen molar-refractivity contribution >= 4 is 5.65 Å². The van der Waals surface area contributed by atoms with Crippen LogP contribution in [0.3, 0.4) is 0 Å². The van der Waals surface area contributed by atoms with Crippen LogP contribution in [-0.4, -0.2) is 32.9 Å². The van der Waals surface area contributed by atoms with E-state index in [0.717, 1.165) is 31.6 Å². The van der Waals surface area contributed by atoms with Crippen LogP contribution < -0.4 is 5.73 Å². The zero-order valence-corrected chi connectivity index (χ0v) is 12.9. The van der Waals surface area contributed by atoms with E-state index in [1.807, 2.05) is 12.1 Å². The molecule has 4 heteroatoms. The molecule has 0 aliphatic heterocycles. The van der Waals surface area contributed by atoms with Gasteiger partial charge >= 0.3 is 0 Å². The van der Waals surface area contributed by atoms with Crippen molar-refractivity contribution in [2.24, 2.45) is 5.73 Å². The fourth-order valence-corrected chi connectivity index (χ4v) is 3.42. The molecule has 1 aliphatic carbocycles. The first-order valence-corrected chi connectivity index (χ1v) is 8.18. The molecule has 3 rings (SSSR count). The molecule has 114 valence electrons. The molecule has 2 heterocycles. The summed E-state index contributed by atoms with van der Waals surface area (Å²) in [5, 5.41) is 0. The van der Waals surface area contributed by atoms with Gasteiger partial charge in [-0.1, -0.05) is 13.0 Å². The minimum absolute atomic E-state index is 0.417. The molecule has 0 saturated heterocycles. The Balaban J connectivity index is 1.72. The maximum atomic E-state index is 6.04. The summed E-state index contributed by atoms with van der Waals surface area (Å²) in [6.45, 7) is 4.36. The van der Waals surface area contributed by atoms with Gasteiger partial charge in [0.2, 0.25) is 0 Å². The van der Waals surface area contributed by atoms with Crippen LogP contribution in [0.1, 0.15) is 44.7 Å². The van der Waals surface area contributed by atoms with Crippen LogP contribution in [-0.2, 0) is 6.54 Å². The second-order valence-electron chi connectivity index (χ2n) is 6.24. The number of aromatic nitrogens is 2. The van der Waals surface area contributed by atoms with Crippen LogP contribution in [0.15, 0.2) is 30.6 Å². The van der Waals surface area contributed by atoms with Gasteiger partial charge in [0.25, 0.3) is 0 Å². The van der Waals surface area contributed by atoms with E-state index in [1.165, 1.54) is 25.0 Å². The number of imidazole rings is 1. The van der Waals surface area contributed by atoms with Gasteiger partial charge in [0.1, 0.15) is 5.65 Å². The molecule has 1 saturated carbocycles. The lowest BCUT2D eigenvalue weighted by molar-refractivity contribution is 0.140. The standard InChI is InChI=1S/C17H26N4/c1-2-10-20(16-8-6-14(18)7-9-16)12-15-13-21-11-4-3-5-17(21)19-15/h3-5,11,13-14,16H,2,6-10,12,18H2,1H3. The van der Waals surface area contributed by atoms with Gasteiger partial charge in [0, 0.05) is 31.0 Å². The number of rotatable bonds is 5. The van der Waals surface area contributed by atoms with Gasteiger partial charge in [0.05, 0.1) is 5.69 Å². The number of nitrogens with zero attached hydrogens (tertiary/aromatic N) is 3. The first-order valence-electron chi connectivity index (χ1n) is 8.18. The zero-order valence-electron chi connectivity index (χ0n) is 12.9. The molecular formula is C17H26N4. The summed E-state index contributed by atoms with van der Waals surface area (Å²) >= 11 is 0. The Morgan fingerprint density at radius 2 is 2.10 bits per heavy atom. The third-order valence-corrected chi connectivity index (χ3v) is 4.55. The quantitative estimate of drug-likeness (QED) is 0.919. The van der Waals surface area contributed by atoms with Crippen molar-refractivity contribution in [3.05, 3.63) is 36.3 Å². The highest BCUT2D eigenvalue weighted by Gasteiger charge is 2.24. The third-order valence-electron chi connectivity index (χ3n) is 4.55. The minimum atomic E-state index is 0.417. The monoisotopic (exact) mass is 286 g/mol. The van der Waals surface area contributed by atoms with Crippen molar-refractivity contribution in [3.63, 3.8) is 0 Å². The fraction of sp³-hybridized carbons (Fsp3) is 0.588. The minimum Gasteiger partial charge on any atom is -0.328 e. The highest BCUT2D eigenvalue weighted by molar-refractivity contribution is 5.39. The lowest BCUT2D eigenvalue weighted by Crippen LogP contribution is -2.40. The lowest BCUT2D eigenvalue weighted by atomic mass is 9.90. The summed E-state index contributed by atoms with van der Waals surface area (Å²) in [5.41, 5.74) is 8.25. The summed E-state index contributed by atoms with van der Waals surface area (Å²) in [6.07, 6.45) is 10.2. The average Bonchev–Trinajstić information content (AvgIpc) is 2.90. The number of pyridine rings is 1. The van der Waals surface area contributed by atoms with E-state index in [4.69, 9.17) is 10.7 Å².